The molecule has 0 aliphatic carbocycles. The Labute approximate surface area is 123 Å². The highest BCUT2D eigenvalue weighted by Gasteiger charge is 2.08. The third-order valence-electron chi connectivity index (χ3n) is 3.26. The van der Waals surface area contributed by atoms with Crippen molar-refractivity contribution in [3.8, 4) is 0 Å². The van der Waals surface area contributed by atoms with Crippen molar-refractivity contribution < 1.29 is 4.39 Å². The first-order valence-corrected chi connectivity index (χ1v) is 7.15. The highest BCUT2D eigenvalue weighted by molar-refractivity contribution is 6.30. The Hall–Kier alpha value is -1.39. The van der Waals surface area contributed by atoms with Crippen molar-refractivity contribution in [2.24, 2.45) is 0 Å². The van der Waals surface area contributed by atoms with E-state index in [0.29, 0.717) is 6.54 Å². The zero-order valence-corrected chi connectivity index (χ0v) is 12.5. The number of hydrogen-bond donors (Lipinski definition) is 1. The molecule has 2 aromatic rings. The van der Waals surface area contributed by atoms with Crippen molar-refractivity contribution >= 4 is 11.6 Å². The quantitative estimate of drug-likeness (QED) is 0.826. The minimum Gasteiger partial charge on any atom is -0.313 e. The van der Waals surface area contributed by atoms with Crippen molar-refractivity contribution in [2.75, 3.05) is 6.54 Å². The second kappa shape index (κ2) is 6.86. The van der Waals surface area contributed by atoms with Gasteiger partial charge in [-0.1, -0.05) is 24.6 Å². The maximum Gasteiger partial charge on any atom is 0.141 e. The third-order valence-corrected chi connectivity index (χ3v) is 3.55. The molecule has 2 rings (SSSR count). The molecule has 0 aliphatic heterocycles. The van der Waals surface area contributed by atoms with Gasteiger partial charge in [-0.3, -0.25) is 4.68 Å². The second-order valence-corrected chi connectivity index (χ2v) is 5.25. The van der Waals surface area contributed by atoms with Crippen molar-refractivity contribution in [3.63, 3.8) is 0 Å². The van der Waals surface area contributed by atoms with Gasteiger partial charge in [-0.05, 0) is 37.6 Å². The van der Waals surface area contributed by atoms with Crippen LogP contribution in [0.1, 0.15) is 30.2 Å². The molecule has 0 spiro atoms. The summed E-state index contributed by atoms with van der Waals surface area (Å²) in [7, 11) is 0. The number of rotatable bonds is 6. The number of halogens is 2. The molecule has 1 aromatic carbocycles. The molecule has 1 N–H and O–H groups in total. The van der Waals surface area contributed by atoms with Gasteiger partial charge in [0.05, 0.1) is 17.8 Å². The van der Waals surface area contributed by atoms with Crippen LogP contribution in [0.2, 0.25) is 5.02 Å². The van der Waals surface area contributed by atoms with E-state index >= 15 is 0 Å². The SMILES string of the molecule is CCCNCc1cnn(Cc2ccc(F)c(Cl)c2)c1C. The van der Waals surface area contributed by atoms with Crippen LogP contribution in [0.5, 0.6) is 0 Å². The van der Waals surface area contributed by atoms with Crippen molar-refractivity contribution in [1.29, 1.82) is 0 Å². The second-order valence-electron chi connectivity index (χ2n) is 4.84. The zero-order chi connectivity index (χ0) is 14.5. The molecule has 108 valence electrons. The Morgan fingerprint density at radius 2 is 2.20 bits per heavy atom. The highest BCUT2D eigenvalue weighted by atomic mass is 35.5. The van der Waals surface area contributed by atoms with Gasteiger partial charge in [0.15, 0.2) is 0 Å². The number of hydrogen-bond acceptors (Lipinski definition) is 2. The molecule has 0 saturated heterocycles. The van der Waals surface area contributed by atoms with E-state index < -0.39 is 5.82 Å². The van der Waals surface area contributed by atoms with E-state index in [2.05, 4.69) is 17.3 Å². The predicted octanol–water partition coefficient (Wildman–Crippen LogP) is 3.53. The molecule has 0 atom stereocenters. The van der Waals surface area contributed by atoms with E-state index in [0.717, 1.165) is 30.8 Å². The Balaban J connectivity index is 2.07. The molecule has 0 radical (unpaired) electrons. The van der Waals surface area contributed by atoms with E-state index in [4.69, 9.17) is 11.6 Å². The number of benzene rings is 1. The Morgan fingerprint density at radius 1 is 1.40 bits per heavy atom. The van der Waals surface area contributed by atoms with Crippen molar-refractivity contribution in [3.05, 3.63) is 52.1 Å². The number of nitrogens with zero attached hydrogens (tertiary/aromatic N) is 2. The van der Waals surface area contributed by atoms with Crippen LogP contribution in [-0.2, 0) is 13.1 Å². The standard InChI is InChI=1S/C15H19ClFN3/c1-3-6-18-8-13-9-19-20(11(13)2)10-12-4-5-15(17)14(16)7-12/h4-5,7,9,18H,3,6,8,10H2,1-2H3. The normalized spacial score (nSPS) is 11.0. The molecular weight excluding hydrogens is 277 g/mol. The molecule has 0 amide bonds. The van der Waals surface area contributed by atoms with Crippen LogP contribution in [-0.4, -0.2) is 16.3 Å². The molecule has 5 heteroatoms. The summed E-state index contributed by atoms with van der Waals surface area (Å²) in [4.78, 5) is 0. The van der Waals surface area contributed by atoms with Gasteiger partial charge >= 0.3 is 0 Å². The molecule has 3 nitrogen and oxygen atoms in total. The maximum atomic E-state index is 13.1. The van der Waals surface area contributed by atoms with Crippen LogP contribution in [0.15, 0.2) is 24.4 Å². The first-order chi connectivity index (χ1) is 9.61. The van der Waals surface area contributed by atoms with Gasteiger partial charge in [-0.15, -0.1) is 0 Å². The van der Waals surface area contributed by atoms with Gasteiger partial charge in [0.25, 0.3) is 0 Å². The summed E-state index contributed by atoms with van der Waals surface area (Å²) in [6, 6.07) is 4.77. The fourth-order valence-corrected chi connectivity index (χ4v) is 2.23. The minimum absolute atomic E-state index is 0.150. The van der Waals surface area contributed by atoms with Crippen molar-refractivity contribution in [2.45, 2.75) is 33.4 Å². The van der Waals surface area contributed by atoms with Crippen LogP contribution in [0, 0.1) is 12.7 Å². The van der Waals surface area contributed by atoms with Crippen molar-refractivity contribution in [1.82, 2.24) is 15.1 Å². The van der Waals surface area contributed by atoms with Gasteiger partial charge in [-0.25, -0.2) is 4.39 Å². The van der Waals surface area contributed by atoms with Crippen LogP contribution in [0.3, 0.4) is 0 Å². The molecule has 1 aromatic heterocycles. The average molecular weight is 296 g/mol. The monoisotopic (exact) mass is 295 g/mol. The minimum atomic E-state index is -0.392. The largest absolute Gasteiger partial charge is 0.313 e. The molecule has 20 heavy (non-hydrogen) atoms. The fourth-order valence-electron chi connectivity index (χ4n) is 2.03. The van der Waals surface area contributed by atoms with Gasteiger partial charge < -0.3 is 5.32 Å². The van der Waals surface area contributed by atoms with E-state index in [-0.39, 0.29) is 5.02 Å². The Morgan fingerprint density at radius 3 is 2.90 bits per heavy atom. The summed E-state index contributed by atoms with van der Waals surface area (Å²) >= 11 is 5.79. The molecule has 0 unspecified atom stereocenters. The van der Waals surface area contributed by atoms with E-state index in [1.807, 2.05) is 17.8 Å². The molecule has 0 aliphatic rings. The fraction of sp³-hybridized carbons (Fsp3) is 0.400. The van der Waals surface area contributed by atoms with Gasteiger partial charge in [0.2, 0.25) is 0 Å². The van der Waals surface area contributed by atoms with Gasteiger partial charge in [-0.2, -0.15) is 5.10 Å². The smallest absolute Gasteiger partial charge is 0.141 e. The molecule has 1 heterocycles. The Kier molecular flexibility index (Phi) is 5.15. The lowest BCUT2D eigenvalue weighted by atomic mass is 10.2. The molecular formula is C15H19ClFN3. The lowest BCUT2D eigenvalue weighted by Crippen LogP contribution is -2.14. The topological polar surface area (TPSA) is 29.9 Å². The summed E-state index contributed by atoms with van der Waals surface area (Å²) in [5.74, 6) is -0.392. The molecule has 0 fully saturated rings. The summed E-state index contributed by atoms with van der Waals surface area (Å²) in [6.45, 7) is 6.60. The molecule has 0 saturated carbocycles. The lowest BCUT2D eigenvalue weighted by molar-refractivity contribution is 0.623. The first-order valence-electron chi connectivity index (χ1n) is 6.77. The first kappa shape index (κ1) is 15.0. The van der Waals surface area contributed by atoms with Crippen LogP contribution >= 0.6 is 11.6 Å². The zero-order valence-electron chi connectivity index (χ0n) is 11.8. The van der Waals surface area contributed by atoms with E-state index in [1.165, 1.54) is 11.6 Å². The lowest BCUT2D eigenvalue weighted by Gasteiger charge is -2.07. The maximum absolute atomic E-state index is 13.1. The predicted molar refractivity (Wildman–Crippen MR) is 79.5 cm³/mol. The highest BCUT2D eigenvalue weighted by Crippen LogP contribution is 2.17. The number of nitrogens with one attached hydrogen (secondary N) is 1. The van der Waals surface area contributed by atoms with Crippen LogP contribution in [0.25, 0.3) is 0 Å². The van der Waals surface area contributed by atoms with Crippen LogP contribution < -0.4 is 5.32 Å². The average Bonchev–Trinajstić information content (AvgIpc) is 2.76. The molecule has 0 bridgehead atoms. The van der Waals surface area contributed by atoms with Crippen LogP contribution in [0.4, 0.5) is 4.39 Å². The summed E-state index contributed by atoms with van der Waals surface area (Å²) in [5, 5.41) is 7.89. The van der Waals surface area contributed by atoms with Gasteiger partial charge in [0, 0.05) is 17.8 Å². The van der Waals surface area contributed by atoms with E-state index in [1.54, 1.807) is 12.1 Å². The third kappa shape index (κ3) is 3.58. The van der Waals surface area contributed by atoms with Gasteiger partial charge in [0.1, 0.15) is 5.82 Å². The summed E-state index contributed by atoms with van der Waals surface area (Å²) in [5.41, 5.74) is 3.25. The number of aromatic nitrogens is 2. The van der Waals surface area contributed by atoms with E-state index in [9.17, 15) is 4.39 Å². The Bertz CT molecular complexity index is 580. The summed E-state index contributed by atoms with van der Waals surface area (Å²) in [6.07, 6.45) is 2.99. The summed E-state index contributed by atoms with van der Waals surface area (Å²) < 4.78 is 15.0.